The SMILES string of the molecule is O=C(CNc1nc(N2CCCC2)nc2ccccc12)NCc1ccco1. The number of fused-ring (bicyclic) bond motifs is 1. The fraction of sp³-hybridized carbons (Fsp3) is 0.316. The summed E-state index contributed by atoms with van der Waals surface area (Å²) < 4.78 is 5.22. The molecular weight excluding hydrogens is 330 g/mol. The van der Waals surface area contributed by atoms with Crippen LogP contribution in [0.3, 0.4) is 0 Å². The second kappa shape index (κ2) is 7.43. The van der Waals surface area contributed by atoms with Gasteiger partial charge in [-0.1, -0.05) is 12.1 Å². The molecule has 1 fully saturated rings. The van der Waals surface area contributed by atoms with Crippen molar-refractivity contribution in [2.45, 2.75) is 19.4 Å². The number of aromatic nitrogens is 2. The van der Waals surface area contributed by atoms with Crippen LogP contribution in [-0.2, 0) is 11.3 Å². The second-order valence-electron chi connectivity index (χ2n) is 6.29. The van der Waals surface area contributed by atoms with E-state index in [1.54, 1.807) is 12.3 Å². The van der Waals surface area contributed by atoms with Gasteiger partial charge in [0.25, 0.3) is 0 Å². The van der Waals surface area contributed by atoms with Crippen molar-refractivity contribution in [2.75, 3.05) is 29.9 Å². The van der Waals surface area contributed by atoms with Crippen LogP contribution in [0.5, 0.6) is 0 Å². The molecule has 1 aliphatic rings. The first kappa shape index (κ1) is 16.4. The maximum absolute atomic E-state index is 12.1. The highest BCUT2D eigenvalue weighted by Gasteiger charge is 2.17. The summed E-state index contributed by atoms with van der Waals surface area (Å²) >= 11 is 0. The molecule has 0 unspecified atom stereocenters. The van der Waals surface area contributed by atoms with Gasteiger partial charge in [-0.2, -0.15) is 4.98 Å². The zero-order valence-corrected chi connectivity index (χ0v) is 14.4. The van der Waals surface area contributed by atoms with Crippen LogP contribution in [0.1, 0.15) is 18.6 Å². The summed E-state index contributed by atoms with van der Waals surface area (Å²) in [6.45, 7) is 2.46. The van der Waals surface area contributed by atoms with Crippen molar-refractivity contribution in [2.24, 2.45) is 0 Å². The Kier molecular flexibility index (Phi) is 4.68. The number of hydrogen-bond acceptors (Lipinski definition) is 6. The van der Waals surface area contributed by atoms with E-state index in [2.05, 4.69) is 25.5 Å². The van der Waals surface area contributed by atoms with Crippen molar-refractivity contribution in [3.05, 3.63) is 48.4 Å². The minimum atomic E-state index is -0.119. The zero-order valence-electron chi connectivity index (χ0n) is 14.4. The van der Waals surface area contributed by atoms with Gasteiger partial charge in [0.2, 0.25) is 11.9 Å². The molecule has 1 aromatic carbocycles. The Hall–Kier alpha value is -3.09. The van der Waals surface area contributed by atoms with Gasteiger partial charge in [-0.05, 0) is 37.1 Å². The highest BCUT2D eigenvalue weighted by molar-refractivity contribution is 5.91. The molecule has 0 saturated carbocycles. The average molecular weight is 351 g/mol. The molecule has 26 heavy (non-hydrogen) atoms. The van der Waals surface area contributed by atoms with Gasteiger partial charge in [0.05, 0.1) is 24.9 Å². The number of anilines is 2. The van der Waals surface area contributed by atoms with Crippen LogP contribution >= 0.6 is 0 Å². The fourth-order valence-corrected chi connectivity index (χ4v) is 3.08. The molecule has 4 rings (SSSR count). The molecule has 1 aliphatic heterocycles. The van der Waals surface area contributed by atoms with Crippen molar-refractivity contribution in [1.29, 1.82) is 0 Å². The van der Waals surface area contributed by atoms with Crippen molar-refractivity contribution >= 4 is 28.6 Å². The highest BCUT2D eigenvalue weighted by Crippen LogP contribution is 2.25. The monoisotopic (exact) mass is 351 g/mol. The largest absolute Gasteiger partial charge is 0.467 e. The van der Waals surface area contributed by atoms with Gasteiger partial charge in [0.1, 0.15) is 11.6 Å². The first-order chi connectivity index (χ1) is 12.8. The number of carbonyl (C=O) groups excluding carboxylic acids is 1. The van der Waals surface area contributed by atoms with E-state index in [0.29, 0.717) is 12.4 Å². The number of furan rings is 1. The summed E-state index contributed by atoms with van der Waals surface area (Å²) in [5.41, 5.74) is 0.878. The van der Waals surface area contributed by atoms with Crippen LogP contribution in [0.2, 0.25) is 0 Å². The van der Waals surface area contributed by atoms with Crippen molar-refractivity contribution < 1.29 is 9.21 Å². The fourth-order valence-electron chi connectivity index (χ4n) is 3.08. The van der Waals surface area contributed by atoms with Gasteiger partial charge in [-0.25, -0.2) is 4.98 Å². The van der Waals surface area contributed by atoms with Crippen LogP contribution in [0.15, 0.2) is 47.1 Å². The van der Waals surface area contributed by atoms with E-state index in [4.69, 9.17) is 4.42 Å². The number of rotatable bonds is 6. The number of para-hydroxylation sites is 1. The van der Waals surface area contributed by atoms with Gasteiger partial charge >= 0.3 is 0 Å². The molecule has 0 bridgehead atoms. The van der Waals surface area contributed by atoms with E-state index in [1.807, 2.05) is 30.3 Å². The Morgan fingerprint density at radius 1 is 1.12 bits per heavy atom. The van der Waals surface area contributed by atoms with E-state index in [9.17, 15) is 4.79 Å². The lowest BCUT2D eigenvalue weighted by Crippen LogP contribution is -2.29. The molecular formula is C19H21N5O2. The van der Waals surface area contributed by atoms with Crippen molar-refractivity contribution in [1.82, 2.24) is 15.3 Å². The zero-order chi connectivity index (χ0) is 17.8. The smallest absolute Gasteiger partial charge is 0.239 e. The standard InChI is InChI=1S/C19H21N5O2/c25-17(20-12-14-6-5-11-26-14)13-21-18-15-7-1-2-8-16(15)22-19(23-18)24-9-3-4-10-24/h1-2,5-8,11H,3-4,9-10,12-13H2,(H,20,25)(H,21,22,23). The van der Waals surface area contributed by atoms with Crippen LogP contribution in [0.4, 0.5) is 11.8 Å². The normalized spacial score (nSPS) is 13.9. The summed E-state index contributed by atoms with van der Waals surface area (Å²) in [6, 6.07) is 11.5. The lowest BCUT2D eigenvalue weighted by atomic mass is 10.2. The van der Waals surface area contributed by atoms with E-state index < -0.39 is 0 Å². The average Bonchev–Trinajstić information content (AvgIpc) is 3.38. The molecule has 0 atom stereocenters. The lowest BCUT2D eigenvalue weighted by Gasteiger charge is -2.17. The number of hydrogen-bond donors (Lipinski definition) is 2. The summed E-state index contributed by atoms with van der Waals surface area (Å²) in [5, 5.41) is 6.90. The maximum Gasteiger partial charge on any atom is 0.239 e. The van der Waals surface area contributed by atoms with Crippen LogP contribution in [0, 0.1) is 0 Å². The molecule has 0 aliphatic carbocycles. The first-order valence-electron chi connectivity index (χ1n) is 8.84. The third-order valence-corrected chi connectivity index (χ3v) is 4.44. The third-order valence-electron chi connectivity index (χ3n) is 4.44. The minimum absolute atomic E-state index is 0.119. The number of amides is 1. The summed E-state index contributed by atoms with van der Waals surface area (Å²) in [5.74, 6) is 2.01. The van der Waals surface area contributed by atoms with E-state index in [0.717, 1.165) is 48.5 Å². The molecule has 7 nitrogen and oxygen atoms in total. The Morgan fingerprint density at radius 2 is 1.96 bits per heavy atom. The Morgan fingerprint density at radius 3 is 2.77 bits per heavy atom. The summed E-state index contributed by atoms with van der Waals surface area (Å²) in [7, 11) is 0. The Bertz CT molecular complexity index is 888. The number of benzene rings is 1. The predicted molar refractivity (Wildman–Crippen MR) is 100 cm³/mol. The lowest BCUT2D eigenvalue weighted by molar-refractivity contribution is -0.119. The number of carbonyl (C=O) groups is 1. The molecule has 2 aromatic heterocycles. The van der Waals surface area contributed by atoms with Crippen LogP contribution < -0.4 is 15.5 Å². The van der Waals surface area contributed by atoms with Gasteiger partial charge in [-0.3, -0.25) is 4.79 Å². The van der Waals surface area contributed by atoms with Crippen molar-refractivity contribution in [3.8, 4) is 0 Å². The molecule has 134 valence electrons. The summed E-state index contributed by atoms with van der Waals surface area (Å²) in [6.07, 6.45) is 3.91. The van der Waals surface area contributed by atoms with Gasteiger partial charge < -0.3 is 20.0 Å². The molecule has 2 N–H and O–H groups in total. The molecule has 0 radical (unpaired) electrons. The van der Waals surface area contributed by atoms with Crippen LogP contribution in [-0.4, -0.2) is 35.5 Å². The van der Waals surface area contributed by atoms with E-state index in [-0.39, 0.29) is 12.5 Å². The number of nitrogens with zero attached hydrogens (tertiary/aromatic N) is 3. The predicted octanol–water partition coefficient (Wildman–Crippen LogP) is 2.55. The minimum Gasteiger partial charge on any atom is -0.467 e. The second-order valence-corrected chi connectivity index (χ2v) is 6.29. The Labute approximate surface area is 151 Å². The molecule has 1 amide bonds. The molecule has 3 heterocycles. The van der Waals surface area contributed by atoms with Gasteiger partial charge in [0.15, 0.2) is 0 Å². The van der Waals surface area contributed by atoms with Gasteiger partial charge in [-0.15, -0.1) is 0 Å². The molecule has 7 heteroatoms. The quantitative estimate of drug-likeness (QED) is 0.710. The molecule has 3 aromatic rings. The van der Waals surface area contributed by atoms with E-state index in [1.165, 1.54) is 0 Å². The van der Waals surface area contributed by atoms with Crippen LogP contribution in [0.25, 0.3) is 10.9 Å². The molecule has 0 spiro atoms. The van der Waals surface area contributed by atoms with Crippen molar-refractivity contribution in [3.63, 3.8) is 0 Å². The van der Waals surface area contributed by atoms with E-state index >= 15 is 0 Å². The first-order valence-corrected chi connectivity index (χ1v) is 8.84. The molecule has 1 saturated heterocycles. The number of nitrogens with one attached hydrogen (secondary N) is 2. The van der Waals surface area contributed by atoms with Gasteiger partial charge in [0, 0.05) is 18.5 Å². The summed E-state index contributed by atoms with van der Waals surface area (Å²) in [4.78, 5) is 23.7. The topological polar surface area (TPSA) is 83.3 Å². The third kappa shape index (κ3) is 3.61. The highest BCUT2D eigenvalue weighted by atomic mass is 16.3. The maximum atomic E-state index is 12.1. The Balaban J connectivity index is 1.48.